The predicted molar refractivity (Wildman–Crippen MR) is 160 cm³/mol. The maximum absolute atomic E-state index is 13.1. The fourth-order valence-electron chi connectivity index (χ4n) is 6.99. The zero-order chi connectivity index (χ0) is 28.9. The maximum atomic E-state index is 13.1. The Bertz CT molecular complexity index is 1360. The van der Waals surface area contributed by atoms with Crippen LogP contribution in [0.1, 0.15) is 73.2 Å². The maximum Gasteiger partial charge on any atom is 0.408 e. The van der Waals surface area contributed by atoms with Gasteiger partial charge in [-0.1, -0.05) is 86.0 Å². The van der Waals surface area contributed by atoms with E-state index in [0.29, 0.717) is 31.1 Å². The van der Waals surface area contributed by atoms with E-state index in [2.05, 4.69) is 10.2 Å². The number of carboxylic acid groups (broad SMARTS) is 1. The second-order valence-corrected chi connectivity index (χ2v) is 12.1. The van der Waals surface area contributed by atoms with Crippen LogP contribution in [0.4, 0.5) is 4.79 Å². The summed E-state index contributed by atoms with van der Waals surface area (Å²) in [6.45, 7) is 3.36. The van der Waals surface area contributed by atoms with Gasteiger partial charge < -0.3 is 19.9 Å². The monoisotopic (exact) mass is 568 g/mol. The minimum atomic E-state index is -0.777. The van der Waals surface area contributed by atoms with Gasteiger partial charge in [-0.05, 0) is 79.1 Å². The Kier molecular flexibility index (Phi) is 8.47. The number of carbonyl (C=O) groups excluding carboxylic acids is 1. The zero-order valence-corrected chi connectivity index (χ0v) is 24.0. The minimum absolute atomic E-state index is 0.0616. The number of piperidine rings is 3. The summed E-state index contributed by atoms with van der Waals surface area (Å²) in [6, 6.07) is 25.2. The number of hydrogen-bond donors (Lipinski definition) is 2. The van der Waals surface area contributed by atoms with Crippen LogP contribution in [0.2, 0.25) is 0 Å². The third-order valence-electron chi connectivity index (χ3n) is 9.47. The first-order chi connectivity index (χ1) is 20.5. The Hall–Kier alpha value is -3.84. The number of alkyl carbamates (subject to hydrolysis) is 1. The van der Waals surface area contributed by atoms with Crippen LogP contribution in [0, 0.1) is 5.92 Å². The molecule has 2 N–H and O–H groups in total. The molecule has 7 rings (SSSR count). The van der Waals surface area contributed by atoms with Gasteiger partial charge in [-0.3, -0.25) is 9.69 Å². The third-order valence-corrected chi connectivity index (χ3v) is 9.47. The number of fused-ring (bicyclic) bond motifs is 3. The number of aliphatic carboxylic acids is 1. The van der Waals surface area contributed by atoms with E-state index in [0.717, 1.165) is 74.0 Å². The molecule has 3 saturated heterocycles. The lowest BCUT2D eigenvalue weighted by Crippen LogP contribution is -2.52. The highest BCUT2D eigenvalue weighted by molar-refractivity contribution is 5.81. The van der Waals surface area contributed by atoms with Crippen LogP contribution in [-0.2, 0) is 21.6 Å². The average Bonchev–Trinajstić information content (AvgIpc) is 3.04. The van der Waals surface area contributed by atoms with Gasteiger partial charge in [0.15, 0.2) is 0 Å². The molecule has 1 saturated carbocycles. The third kappa shape index (κ3) is 6.16. The topological polar surface area (TPSA) is 88.1 Å². The van der Waals surface area contributed by atoms with Gasteiger partial charge in [0.1, 0.15) is 18.5 Å². The van der Waals surface area contributed by atoms with Gasteiger partial charge in [0.2, 0.25) is 0 Å². The molecule has 3 aliphatic heterocycles. The second kappa shape index (κ2) is 12.6. The summed E-state index contributed by atoms with van der Waals surface area (Å²) in [4.78, 5) is 27.7. The van der Waals surface area contributed by atoms with Gasteiger partial charge in [0, 0.05) is 6.54 Å². The molecule has 1 amide bonds. The van der Waals surface area contributed by atoms with Crippen molar-refractivity contribution in [2.75, 3.05) is 19.6 Å². The van der Waals surface area contributed by atoms with Crippen molar-refractivity contribution in [2.24, 2.45) is 5.92 Å². The lowest BCUT2D eigenvalue weighted by atomic mass is 9.69. The van der Waals surface area contributed by atoms with Gasteiger partial charge in [-0.25, -0.2) is 4.79 Å². The Labute approximate surface area is 247 Å². The molecule has 4 fully saturated rings. The largest absolute Gasteiger partial charge is 0.489 e. The lowest BCUT2D eigenvalue weighted by molar-refractivity contribution is -0.145. The number of nitrogens with one attached hydrogen (secondary N) is 1. The van der Waals surface area contributed by atoms with E-state index in [-0.39, 0.29) is 12.1 Å². The average molecular weight is 569 g/mol. The predicted octanol–water partition coefficient (Wildman–Crippen LogP) is 6.46. The van der Waals surface area contributed by atoms with E-state index in [4.69, 9.17) is 9.47 Å². The standard InChI is InChI=1S/C35H40N2O5/c38-33(39)35(18-5-2-6-19-35)29-14-12-25(13-15-29)24-41-30-11-7-10-28(22-30)32(27-8-3-1-4-9-27)36-34(40)42-31-23-37-20-16-26(31)17-21-37/h1,3-4,7-15,22,26,31-32H,2,5-6,16-21,23-24H2,(H,36,40)(H,38,39)/t31-,32?/m0/s1. The molecule has 3 heterocycles. The molecule has 7 nitrogen and oxygen atoms in total. The fraction of sp³-hybridized carbons (Fsp3) is 0.429. The minimum Gasteiger partial charge on any atom is -0.489 e. The number of rotatable bonds is 9. The smallest absolute Gasteiger partial charge is 0.408 e. The molecular formula is C35H40N2O5. The molecule has 3 aromatic rings. The Balaban J connectivity index is 1.13. The van der Waals surface area contributed by atoms with Crippen LogP contribution in [0.3, 0.4) is 0 Å². The summed E-state index contributed by atoms with van der Waals surface area (Å²) in [5, 5.41) is 13.1. The molecule has 1 unspecified atom stereocenters. The van der Waals surface area contributed by atoms with Crippen molar-refractivity contribution in [2.45, 2.75) is 69.1 Å². The van der Waals surface area contributed by atoms with Crippen LogP contribution < -0.4 is 10.1 Å². The molecule has 0 aromatic heterocycles. The SMILES string of the molecule is O=C(NC(c1ccccc1)c1cccc(OCc2ccc(C3(C(=O)O)CCCCC3)cc2)c1)O[C@H]1CN2CCC1CC2. The van der Waals surface area contributed by atoms with E-state index in [1.54, 1.807) is 0 Å². The number of nitrogens with zero attached hydrogens (tertiary/aromatic N) is 1. The van der Waals surface area contributed by atoms with E-state index >= 15 is 0 Å². The molecular weight excluding hydrogens is 528 g/mol. The molecule has 220 valence electrons. The first-order valence-electron chi connectivity index (χ1n) is 15.3. The molecule has 0 radical (unpaired) electrons. The number of carbonyl (C=O) groups is 2. The van der Waals surface area contributed by atoms with Gasteiger partial charge in [-0.15, -0.1) is 0 Å². The van der Waals surface area contributed by atoms with Gasteiger partial charge >= 0.3 is 12.1 Å². The van der Waals surface area contributed by atoms with Gasteiger partial charge in [0.05, 0.1) is 11.5 Å². The first-order valence-corrected chi connectivity index (χ1v) is 15.3. The highest BCUT2D eigenvalue weighted by Crippen LogP contribution is 2.40. The quantitative estimate of drug-likeness (QED) is 0.308. The normalized spacial score (nSPS) is 23.5. The fourth-order valence-corrected chi connectivity index (χ4v) is 6.99. The van der Waals surface area contributed by atoms with Crippen molar-refractivity contribution in [1.29, 1.82) is 0 Å². The highest BCUT2D eigenvalue weighted by Gasteiger charge is 2.41. The van der Waals surface area contributed by atoms with Crippen molar-refractivity contribution < 1.29 is 24.2 Å². The summed E-state index contributed by atoms with van der Waals surface area (Å²) < 4.78 is 12.1. The summed E-state index contributed by atoms with van der Waals surface area (Å²) >= 11 is 0. The van der Waals surface area contributed by atoms with Crippen LogP contribution in [0.5, 0.6) is 5.75 Å². The van der Waals surface area contributed by atoms with Crippen molar-refractivity contribution in [3.05, 3.63) is 101 Å². The molecule has 0 spiro atoms. The van der Waals surface area contributed by atoms with Crippen molar-refractivity contribution in [1.82, 2.24) is 10.2 Å². The second-order valence-electron chi connectivity index (χ2n) is 12.1. The van der Waals surface area contributed by atoms with Gasteiger partial charge in [0.25, 0.3) is 0 Å². The molecule has 42 heavy (non-hydrogen) atoms. The summed E-state index contributed by atoms with van der Waals surface area (Å²) in [7, 11) is 0. The summed E-state index contributed by atoms with van der Waals surface area (Å²) in [6.07, 6.45) is 6.09. The molecule has 2 bridgehead atoms. The number of carboxylic acids is 1. The summed E-state index contributed by atoms with van der Waals surface area (Å²) in [5.74, 6) is 0.413. The Morgan fingerprint density at radius 2 is 1.62 bits per heavy atom. The number of hydrogen-bond acceptors (Lipinski definition) is 5. The summed E-state index contributed by atoms with van der Waals surface area (Å²) in [5.41, 5.74) is 2.94. The van der Waals surface area contributed by atoms with Crippen molar-refractivity contribution in [3.63, 3.8) is 0 Å². The first kappa shape index (κ1) is 28.3. The van der Waals surface area contributed by atoms with Crippen LogP contribution in [0.15, 0.2) is 78.9 Å². The molecule has 2 atom stereocenters. The van der Waals surface area contributed by atoms with Gasteiger partial charge in [-0.2, -0.15) is 0 Å². The molecule has 1 aliphatic carbocycles. The van der Waals surface area contributed by atoms with Crippen molar-refractivity contribution in [3.8, 4) is 5.75 Å². The van der Waals surface area contributed by atoms with Crippen LogP contribution in [-0.4, -0.2) is 47.8 Å². The molecule has 3 aromatic carbocycles. The number of benzene rings is 3. The molecule has 4 aliphatic rings. The van der Waals surface area contributed by atoms with E-state index in [1.165, 1.54) is 0 Å². The van der Waals surface area contributed by atoms with Crippen LogP contribution >= 0.6 is 0 Å². The van der Waals surface area contributed by atoms with E-state index in [9.17, 15) is 14.7 Å². The Morgan fingerprint density at radius 3 is 2.29 bits per heavy atom. The Morgan fingerprint density at radius 1 is 0.905 bits per heavy atom. The van der Waals surface area contributed by atoms with Crippen molar-refractivity contribution >= 4 is 12.1 Å². The zero-order valence-electron chi connectivity index (χ0n) is 24.0. The van der Waals surface area contributed by atoms with Crippen LogP contribution in [0.25, 0.3) is 0 Å². The molecule has 7 heteroatoms. The lowest BCUT2D eigenvalue weighted by Gasteiger charge is -2.43. The highest BCUT2D eigenvalue weighted by atomic mass is 16.6. The number of amides is 1. The van der Waals surface area contributed by atoms with E-state index in [1.807, 2.05) is 78.9 Å². The number of ether oxygens (including phenoxy) is 2. The van der Waals surface area contributed by atoms with E-state index < -0.39 is 17.5 Å².